The SMILES string of the molecule is Cc1cccc2cc(C(O)c3cnn4ccncc34)oc12. The van der Waals surface area contributed by atoms with Crippen molar-refractivity contribution in [2.45, 2.75) is 13.0 Å². The van der Waals surface area contributed by atoms with E-state index in [1.165, 1.54) is 0 Å². The third kappa shape index (κ3) is 1.82. The summed E-state index contributed by atoms with van der Waals surface area (Å²) in [6.45, 7) is 1.99. The Kier molecular flexibility index (Phi) is 2.55. The van der Waals surface area contributed by atoms with E-state index in [1.807, 2.05) is 31.2 Å². The molecule has 3 aromatic heterocycles. The molecule has 1 unspecified atom stereocenters. The highest BCUT2D eigenvalue weighted by Gasteiger charge is 2.20. The van der Waals surface area contributed by atoms with Gasteiger partial charge in [-0.1, -0.05) is 18.2 Å². The number of para-hydroxylation sites is 1. The van der Waals surface area contributed by atoms with Gasteiger partial charge in [-0.25, -0.2) is 4.52 Å². The fourth-order valence-electron chi connectivity index (χ4n) is 2.58. The number of aliphatic hydroxyl groups excluding tert-OH is 1. The zero-order valence-electron chi connectivity index (χ0n) is 11.4. The fraction of sp³-hybridized carbons (Fsp3) is 0.125. The fourth-order valence-corrected chi connectivity index (χ4v) is 2.58. The maximum Gasteiger partial charge on any atom is 0.140 e. The number of nitrogens with zero attached hydrogens (tertiary/aromatic N) is 3. The summed E-state index contributed by atoms with van der Waals surface area (Å²) in [5.41, 5.74) is 3.30. The molecule has 0 spiro atoms. The quantitative estimate of drug-likeness (QED) is 0.613. The first kappa shape index (κ1) is 12.1. The number of rotatable bonds is 2. The summed E-state index contributed by atoms with van der Waals surface area (Å²) in [6, 6.07) is 7.80. The molecule has 0 amide bonds. The van der Waals surface area contributed by atoms with Gasteiger partial charge in [0, 0.05) is 23.3 Å². The molecule has 0 aliphatic heterocycles. The van der Waals surface area contributed by atoms with Gasteiger partial charge < -0.3 is 9.52 Å². The van der Waals surface area contributed by atoms with Gasteiger partial charge in [-0.05, 0) is 18.6 Å². The number of furan rings is 1. The predicted octanol–water partition coefficient (Wildman–Crippen LogP) is 2.87. The monoisotopic (exact) mass is 279 g/mol. The number of benzene rings is 1. The van der Waals surface area contributed by atoms with E-state index >= 15 is 0 Å². The molecule has 0 saturated heterocycles. The highest BCUT2D eigenvalue weighted by molar-refractivity contribution is 5.81. The van der Waals surface area contributed by atoms with E-state index in [-0.39, 0.29) is 0 Å². The van der Waals surface area contributed by atoms with Gasteiger partial charge in [-0.2, -0.15) is 5.10 Å². The van der Waals surface area contributed by atoms with E-state index in [2.05, 4.69) is 10.1 Å². The Hall–Kier alpha value is -2.66. The molecule has 104 valence electrons. The Morgan fingerprint density at radius 2 is 2.19 bits per heavy atom. The number of fused-ring (bicyclic) bond motifs is 2. The lowest BCUT2D eigenvalue weighted by Crippen LogP contribution is -1.97. The summed E-state index contributed by atoms with van der Waals surface area (Å²) in [5.74, 6) is 0.512. The Bertz CT molecular complexity index is 939. The smallest absolute Gasteiger partial charge is 0.140 e. The van der Waals surface area contributed by atoms with Gasteiger partial charge >= 0.3 is 0 Å². The molecule has 0 saturated carbocycles. The van der Waals surface area contributed by atoms with E-state index in [0.29, 0.717) is 11.3 Å². The largest absolute Gasteiger partial charge is 0.458 e. The molecular formula is C16H13N3O2. The van der Waals surface area contributed by atoms with Crippen LogP contribution in [0.5, 0.6) is 0 Å². The Labute approximate surface area is 120 Å². The van der Waals surface area contributed by atoms with Crippen LogP contribution in [-0.2, 0) is 0 Å². The van der Waals surface area contributed by atoms with Crippen molar-refractivity contribution in [1.82, 2.24) is 14.6 Å². The number of hydrogen-bond donors (Lipinski definition) is 1. The summed E-state index contributed by atoms with van der Waals surface area (Å²) in [5, 5.41) is 15.8. The van der Waals surface area contributed by atoms with E-state index in [1.54, 1.807) is 29.3 Å². The van der Waals surface area contributed by atoms with E-state index in [9.17, 15) is 5.11 Å². The minimum absolute atomic E-state index is 0.512. The predicted molar refractivity (Wildman–Crippen MR) is 78.0 cm³/mol. The second-order valence-electron chi connectivity index (χ2n) is 5.05. The molecule has 0 fully saturated rings. The maximum absolute atomic E-state index is 10.6. The van der Waals surface area contributed by atoms with Crippen molar-refractivity contribution in [3.8, 4) is 0 Å². The molecule has 0 aliphatic rings. The molecule has 0 aliphatic carbocycles. The van der Waals surface area contributed by atoms with Crippen LogP contribution in [0.1, 0.15) is 23.0 Å². The normalized spacial score (nSPS) is 13.0. The Morgan fingerprint density at radius 3 is 3.05 bits per heavy atom. The minimum atomic E-state index is -0.863. The molecule has 21 heavy (non-hydrogen) atoms. The molecule has 3 heterocycles. The number of aromatic nitrogens is 3. The van der Waals surface area contributed by atoms with Crippen LogP contribution in [0.4, 0.5) is 0 Å². The van der Waals surface area contributed by atoms with Crippen molar-refractivity contribution in [2.24, 2.45) is 0 Å². The highest BCUT2D eigenvalue weighted by atomic mass is 16.4. The van der Waals surface area contributed by atoms with Gasteiger partial charge in [0.1, 0.15) is 17.4 Å². The summed E-state index contributed by atoms with van der Waals surface area (Å²) in [4.78, 5) is 4.08. The van der Waals surface area contributed by atoms with Gasteiger partial charge in [-0.15, -0.1) is 0 Å². The number of aryl methyl sites for hydroxylation is 1. The minimum Gasteiger partial charge on any atom is -0.458 e. The van der Waals surface area contributed by atoms with Crippen LogP contribution in [0.25, 0.3) is 16.5 Å². The molecule has 5 heteroatoms. The van der Waals surface area contributed by atoms with Gasteiger partial charge in [0.25, 0.3) is 0 Å². The van der Waals surface area contributed by atoms with Crippen LogP contribution in [-0.4, -0.2) is 19.7 Å². The lowest BCUT2D eigenvalue weighted by atomic mass is 10.1. The van der Waals surface area contributed by atoms with E-state index < -0.39 is 6.10 Å². The van der Waals surface area contributed by atoms with Crippen molar-refractivity contribution in [3.63, 3.8) is 0 Å². The molecular weight excluding hydrogens is 266 g/mol. The van der Waals surface area contributed by atoms with E-state index in [0.717, 1.165) is 22.0 Å². The zero-order valence-corrected chi connectivity index (χ0v) is 11.4. The van der Waals surface area contributed by atoms with Gasteiger partial charge in [0.15, 0.2) is 0 Å². The zero-order chi connectivity index (χ0) is 14.4. The lowest BCUT2D eigenvalue weighted by Gasteiger charge is -2.05. The first-order valence-corrected chi connectivity index (χ1v) is 6.68. The maximum atomic E-state index is 10.6. The average molecular weight is 279 g/mol. The van der Waals surface area contributed by atoms with Crippen LogP contribution in [0.3, 0.4) is 0 Å². The van der Waals surface area contributed by atoms with E-state index in [4.69, 9.17) is 4.42 Å². The Balaban J connectivity index is 1.86. The van der Waals surface area contributed by atoms with Crippen molar-refractivity contribution in [2.75, 3.05) is 0 Å². The molecule has 0 radical (unpaired) electrons. The van der Waals surface area contributed by atoms with Crippen molar-refractivity contribution in [3.05, 3.63) is 65.9 Å². The van der Waals surface area contributed by atoms with Crippen LogP contribution >= 0.6 is 0 Å². The molecule has 1 N–H and O–H groups in total. The Morgan fingerprint density at radius 1 is 1.29 bits per heavy atom. The molecule has 4 rings (SSSR count). The topological polar surface area (TPSA) is 63.6 Å². The number of aliphatic hydroxyl groups is 1. The molecule has 1 aromatic carbocycles. The van der Waals surface area contributed by atoms with Gasteiger partial charge in [0.2, 0.25) is 0 Å². The molecule has 0 bridgehead atoms. The third-order valence-corrected chi connectivity index (χ3v) is 3.68. The number of hydrogen-bond acceptors (Lipinski definition) is 4. The third-order valence-electron chi connectivity index (χ3n) is 3.68. The van der Waals surface area contributed by atoms with Gasteiger partial charge in [-0.3, -0.25) is 4.98 Å². The average Bonchev–Trinajstić information content (AvgIpc) is 3.11. The first-order chi connectivity index (χ1) is 10.2. The van der Waals surface area contributed by atoms with Crippen LogP contribution in [0, 0.1) is 6.92 Å². The summed E-state index contributed by atoms with van der Waals surface area (Å²) in [7, 11) is 0. The first-order valence-electron chi connectivity index (χ1n) is 6.68. The summed E-state index contributed by atoms with van der Waals surface area (Å²) < 4.78 is 7.51. The van der Waals surface area contributed by atoms with Crippen LogP contribution < -0.4 is 0 Å². The van der Waals surface area contributed by atoms with Crippen molar-refractivity contribution < 1.29 is 9.52 Å². The second kappa shape index (κ2) is 4.43. The highest BCUT2D eigenvalue weighted by Crippen LogP contribution is 2.31. The second-order valence-corrected chi connectivity index (χ2v) is 5.05. The summed E-state index contributed by atoms with van der Waals surface area (Å²) in [6.07, 6.45) is 5.86. The van der Waals surface area contributed by atoms with Crippen molar-refractivity contribution in [1.29, 1.82) is 0 Å². The molecule has 1 atom stereocenters. The standard InChI is InChI=1S/C16H13N3O2/c1-10-3-2-4-11-7-14(21-16(10)11)15(20)12-8-18-19-6-5-17-9-13(12)19/h2-9,15,20H,1H3. The van der Waals surface area contributed by atoms with Gasteiger partial charge in [0.05, 0.1) is 17.9 Å². The van der Waals surface area contributed by atoms with Crippen molar-refractivity contribution >= 4 is 16.5 Å². The van der Waals surface area contributed by atoms with Crippen LogP contribution in [0.2, 0.25) is 0 Å². The molecule has 5 nitrogen and oxygen atoms in total. The lowest BCUT2D eigenvalue weighted by molar-refractivity contribution is 0.193. The summed E-state index contributed by atoms with van der Waals surface area (Å²) >= 11 is 0. The van der Waals surface area contributed by atoms with Crippen LogP contribution in [0.15, 0.2) is 53.5 Å². The molecule has 4 aromatic rings.